The number of carbonyl (C=O) groups is 1. The molecule has 2 aromatic heterocycles. The zero-order valence-corrected chi connectivity index (χ0v) is 16.6. The number of ether oxygens (including phenoxy) is 2. The first-order valence-electron chi connectivity index (χ1n) is 10.2. The normalized spacial score (nSPS) is 16.6. The summed E-state index contributed by atoms with van der Waals surface area (Å²) in [5.41, 5.74) is 3.72. The lowest BCUT2D eigenvalue weighted by molar-refractivity contribution is 0.0704. The Morgan fingerprint density at radius 2 is 2.00 bits per heavy atom. The first-order valence-corrected chi connectivity index (χ1v) is 10.2. The predicted octanol–water partition coefficient (Wildman–Crippen LogP) is 2.84. The number of carbonyl (C=O) groups excluding carboxylic acids is 1. The molecule has 1 fully saturated rings. The van der Waals surface area contributed by atoms with Crippen LogP contribution in [0.4, 0.5) is 0 Å². The molecular formula is C22H24N4O4. The predicted molar refractivity (Wildman–Crippen MR) is 109 cm³/mol. The van der Waals surface area contributed by atoms with Crippen LogP contribution >= 0.6 is 0 Å². The fraction of sp³-hybridized carbons (Fsp3) is 0.364. The molecule has 0 atom stereocenters. The molecule has 1 amide bonds. The molecule has 0 saturated carbocycles. The molecule has 1 aromatic carbocycles. The fourth-order valence-corrected chi connectivity index (χ4v) is 4.00. The summed E-state index contributed by atoms with van der Waals surface area (Å²) in [6.07, 6.45) is 6.73. The van der Waals surface area contributed by atoms with E-state index in [1.807, 2.05) is 29.3 Å². The van der Waals surface area contributed by atoms with Gasteiger partial charge in [0.15, 0.2) is 11.5 Å². The SMILES string of the molecule is O=C(c1ccoc1)N1CCC(NCc2cn[nH]c2-c2ccc3c(c2)OCCO3)CC1. The highest BCUT2D eigenvalue weighted by molar-refractivity contribution is 5.93. The third-order valence-corrected chi connectivity index (χ3v) is 5.68. The van der Waals surface area contributed by atoms with E-state index in [0.29, 0.717) is 31.4 Å². The van der Waals surface area contributed by atoms with Crippen molar-refractivity contribution in [3.63, 3.8) is 0 Å². The summed E-state index contributed by atoms with van der Waals surface area (Å²) in [6.45, 7) is 3.33. The van der Waals surface area contributed by atoms with Crippen molar-refractivity contribution < 1.29 is 18.7 Å². The van der Waals surface area contributed by atoms with Gasteiger partial charge >= 0.3 is 0 Å². The maximum absolute atomic E-state index is 12.4. The van der Waals surface area contributed by atoms with E-state index in [0.717, 1.165) is 54.3 Å². The Bertz CT molecular complexity index is 1010. The van der Waals surface area contributed by atoms with Crippen LogP contribution in [0, 0.1) is 0 Å². The van der Waals surface area contributed by atoms with Crippen molar-refractivity contribution in [3.8, 4) is 22.8 Å². The molecule has 0 spiro atoms. The third-order valence-electron chi connectivity index (χ3n) is 5.68. The molecule has 30 heavy (non-hydrogen) atoms. The van der Waals surface area contributed by atoms with Gasteiger partial charge < -0.3 is 24.1 Å². The minimum absolute atomic E-state index is 0.0397. The van der Waals surface area contributed by atoms with Crippen molar-refractivity contribution in [2.75, 3.05) is 26.3 Å². The summed E-state index contributed by atoms with van der Waals surface area (Å²) < 4.78 is 16.3. The number of fused-ring (bicyclic) bond motifs is 1. The minimum Gasteiger partial charge on any atom is -0.486 e. The molecule has 2 aliphatic heterocycles. The van der Waals surface area contributed by atoms with Crippen LogP contribution in [0.3, 0.4) is 0 Å². The number of aromatic amines is 1. The molecule has 5 rings (SSSR count). The summed E-state index contributed by atoms with van der Waals surface area (Å²) >= 11 is 0. The molecule has 4 heterocycles. The van der Waals surface area contributed by atoms with Crippen molar-refractivity contribution in [2.45, 2.75) is 25.4 Å². The Kier molecular flexibility index (Phi) is 5.15. The quantitative estimate of drug-likeness (QED) is 0.674. The monoisotopic (exact) mass is 408 g/mol. The van der Waals surface area contributed by atoms with Crippen molar-refractivity contribution in [2.24, 2.45) is 0 Å². The van der Waals surface area contributed by atoms with Gasteiger partial charge in [0, 0.05) is 36.8 Å². The number of furan rings is 1. The number of hydrogen-bond acceptors (Lipinski definition) is 6. The van der Waals surface area contributed by atoms with E-state index in [9.17, 15) is 4.79 Å². The van der Waals surface area contributed by atoms with Gasteiger partial charge in [-0.05, 0) is 37.1 Å². The highest BCUT2D eigenvalue weighted by Gasteiger charge is 2.24. The van der Waals surface area contributed by atoms with E-state index >= 15 is 0 Å². The lowest BCUT2D eigenvalue weighted by Crippen LogP contribution is -2.44. The van der Waals surface area contributed by atoms with Gasteiger partial charge in [-0.2, -0.15) is 5.10 Å². The topological polar surface area (TPSA) is 92.6 Å². The number of likely N-dealkylation sites (tertiary alicyclic amines) is 1. The number of piperidine rings is 1. The summed E-state index contributed by atoms with van der Waals surface area (Å²) in [7, 11) is 0. The van der Waals surface area contributed by atoms with Crippen LogP contribution in [0.1, 0.15) is 28.8 Å². The number of aromatic nitrogens is 2. The highest BCUT2D eigenvalue weighted by Crippen LogP contribution is 2.34. The van der Waals surface area contributed by atoms with E-state index in [2.05, 4.69) is 15.5 Å². The summed E-state index contributed by atoms with van der Waals surface area (Å²) in [5, 5.41) is 11.0. The van der Waals surface area contributed by atoms with Crippen LogP contribution in [0.5, 0.6) is 11.5 Å². The highest BCUT2D eigenvalue weighted by atomic mass is 16.6. The second-order valence-electron chi connectivity index (χ2n) is 7.59. The van der Waals surface area contributed by atoms with Crippen molar-refractivity contribution in [1.82, 2.24) is 20.4 Å². The summed E-state index contributed by atoms with van der Waals surface area (Å²) in [5.74, 6) is 1.58. The van der Waals surface area contributed by atoms with E-state index in [1.54, 1.807) is 6.07 Å². The average Bonchev–Trinajstić information content (AvgIpc) is 3.49. The van der Waals surface area contributed by atoms with Crippen LogP contribution in [0.15, 0.2) is 47.4 Å². The minimum atomic E-state index is 0.0397. The molecule has 0 bridgehead atoms. The molecule has 2 N–H and O–H groups in total. The lowest BCUT2D eigenvalue weighted by Gasteiger charge is -2.32. The van der Waals surface area contributed by atoms with E-state index < -0.39 is 0 Å². The molecular weight excluding hydrogens is 384 g/mol. The maximum atomic E-state index is 12.4. The standard InChI is InChI=1S/C22H24N4O4/c27-22(16-5-8-28-14-16)26-6-3-18(4-7-26)23-12-17-13-24-25-21(17)15-1-2-19-20(11-15)30-10-9-29-19/h1-2,5,8,11,13-14,18,23H,3-4,6-7,9-10,12H2,(H,24,25). The van der Waals surface area contributed by atoms with Crippen molar-refractivity contribution in [1.29, 1.82) is 0 Å². The number of nitrogens with one attached hydrogen (secondary N) is 2. The van der Waals surface area contributed by atoms with Crippen LogP contribution in [-0.2, 0) is 6.54 Å². The Labute approximate surface area is 174 Å². The number of hydrogen-bond donors (Lipinski definition) is 2. The number of rotatable bonds is 5. The van der Waals surface area contributed by atoms with Gasteiger partial charge in [-0.15, -0.1) is 0 Å². The molecule has 0 unspecified atom stereocenters. The maximum Gasteiger partial charge on any atom is 0.257 e. The molecule has 0 aliphatic carbocycles. The van der Waals surface area contributed by atoms with E-state index in [4.69, 9.17) is 13.9 Å². The van der Waals surface area contributed by atoms with Crippen LogP contribution in [-0.4, -0.2) is 53.3 Å². The van der Waals surface area contributed by atoms with Crippen molar-refractivity contribution >= 4 is 5.91 Å². The van der Waals surface area contributed by atoms with Gasteiger partial charge in [0.25, 0.3) is 5.91 Å². The number of H-pyrrole nitrogens is 1. The Morgan fingerprint density at radius 1 is 1.17 bits per heavy atom. The zero-order chi connectivity index (χ0) is 20.3. The van der Waals surface area contributed by atoms with E-state index in [1.165, 1.54) is 12.5 Å². The Morgan fingerprint density at radius 3 is 2.80 bits per heavy atom. The van der Waals surface area contributed by atoms with Gasteiger partial charge in [0.2, 0.25) is 0 Å². The zero-order valence-electron chi connectivity index (χ0n) is 16.6. The molecule has 8 heteroatoms. The van der Waals surface area contributed by atoms with Gasteiger partial charge in [-0.25, -0.2) is 0 Å². The first-order chi connectivity index (χ1) is 14.8. The second-order valence-corrected chi connectivity index (χ2v) is 7.59. The number of benzene rings is 1. The average molecular weight is 408 g/mol. The molecule has 2 aliphatic rings. The van der Waals surface area contributed by atoms with E-state index in [-0.39, 0.29) is 5.91 Å². The largest absolute Gasteiger partial charge is 0.486 e. The number of nitrogens with zero attached hydrogens (tertiary/aromatic N) is 2. The van der Waals surface area contributed by atoms with Gasteiger partial charge in [-0.3, -0.25) is 9.89 Å². The molecule has 0 radical (unpaired) electrons. The van der Waals surface area contributed by atoms with Gasteiger partial charge in [0.05, 0.1) is 23.7 Å². The van der Waals surface area contributed by atoms with Crippen molar-refractivity contribution in [3.05, 3.63) is 54.1 Å². The third kappa shape index (κ3) is 3.78. The van der Waals surface area contributed by atoms with Crippen LogP contribution < -0.4 is 14.8 Å². The summed E-state index contributed by atoms with van der Waals surface area (Å²) in [4.78, 5) is 14.3. The lowest BCUT2D eigenvalue weighted by atomic mass is 10.0. The Balaban J connectivity index is 1.19. The summed E-state index contributed by atoms with van der Waals surface area (Å²) in [6, 6.07) is 8.02. The second kappa shape index (κ2) is 8.23. The number of amides is 1. The smallest absolute Gasteiger partial charge is 0.257 e. The molecule has 156 valence electrons. The Hall–Kier alpha value is -3.26. The van der Waals surface area contributed by atoms with Gasteiger partial charge in [0.1, 0.15) is 19.5 Å². The molecule has 1 saturated heterocycles. The van der Waals surface area contributed by atoms with Gasteiger partial charge in [-0.1, -0.05) is 0 Å². The van der Waals surface area contributed by atoms with Crippen LogP contribution in [0.25, 0.3) is 11.3 Å². The van der Waals surface area contributed by atoms with Crippen LogP contribution in [0.2, 0.25) is 0 Å². The first kappa shape index (κ1) is 18.7. The fourth-order valence-electron chi connectivity index (χ4n) is 4.00. The molecule has 3 aromatic rings. The molecule has 8 nitrogen and oxygen atoms in total.